The van der Waals surface area contributed by atoms with E-state index in [0.29, 0.717) is 0 Å². The lowest BCUT2D eigenvalue weighted by Gasteiger charge is -1.96. The summed E-state index contributed by atoms with van der Waals surface area (Å²) in [7, 11) is -0.104. The normalized spacial score (nSPS) is 8.57. The minimum absolute atomic E-state index is 0. The molecule has 0 spiro atoms. The van der Waals surface area contributed by atoms with Crippen LogP contribution in [0.25, 0.3) is 0 Å². The molecule has 0 saturated heterocycles. The Hall–Kier alpha value is 1.25. The summed E-state index contributed by atoms with van der Waals surface area (Å²) in [5.41, 5.74) is 0. The van der Waals surface area contributed by atoms with Gasteiger partial charge >= 0.3 is 0 Å². The molecule has 7 heavy (non-hydrogen) atoms. The van der Waals surface area contributed by atoms with E-state index >= 15 is 0 Å². The molecule has 0 unspecified atom stereocenters. The van der Waals surface area contributed by atoms with Gasteiger partial charge in [-0.05, 0) is 19.6 Å². The maximum absolute atomic E-state index is 5.71. The Bertz CT molecular complexity index is 30.9. The summed E-state index contributed by atoms with van der Waals surface area (Å²) >= 11 is 5.71. The fourth-order valence-electron chi connectivity index (χ4n) is 0.224. The molecular weight excluding hydrogens is 141 g/mol. The minimum atomic E-state index is -0.104. The molecule has 44 valence electrons. The lowest BCUT2D eigenvalue weighted by atomic mass is 11.0. The maximum Gasteiger partial charge on any atom is 0.187 e. The molecule has 0 radical (unpaired) electrons. The van der Waals surface area contributed by atoms with E-state index in [2.05, 4.69) is 13.8 Å². The standard InChI is InChI=1S/C4H10ClP.Al.3H/c1-3-6(5)4-2;;;;/h3-4H2,1-2H3;;;;. The molecule has 0 nitrogen and oxygen atoms in total. The summed E-state index contributed by atoms with van der Waals surface area (Å²) in [4.78, 5) is 0. The summed E-state index contributed by atoms with van der Waals surface area (Å²) in [5.74, 6) is 0. The van der Waals surface area contributed by atoms with E-state index in [1.165, 1.54) is 0 Å². The third-order valence-electron chi connectivity index (χ3n) is 0.686. The first-order valence-electron chi connectivity index (χ1n) is 2.22. The van der Waals surface area contributed by atoms with Crippen LogP contribution in [0.5, 0.6) is 0 Å². The molecule has 0 amide bonds. The molecule has 0 fully saturated rings. The predicted molar refractivity (Wildman–Crippen MR) is 43.8 cm³/mol. The second-order valence-electron chi connectivity index (χ2n) is 1.10. The van der Waals surface area contributed by atoms with Gasteiger partial charge in [0.2, 0.25) is 0 Å². The van der Waals surface area contributed by atoms with Crippen molar-refractivity contribution in [1.29, 1.82) is 0 Å². The summed E-state index contributed by atoms with van der Waals surface area (Å²) in [6.45, 7) is 4.25. The molecule has 0 aromatic heterocycles. The highest BCUT2D eigenvalue weighted by atomic mass is 35.7. The van der Waals surface area contributed by atoms with E-state index in [4.69, 9.17) is 11.2 Å². The van der Waals surface area contributed by atoms with Crippen molar-refractivity contribution in [3.8, 4) is 0 Å². The van der Waals surface area contributed by atoms with E-state index in [1.54, 1.807) is 0 Å². The Morgan fingerprint density at radius 1 is 1.29 bits per heavy atom. The van der Waals surface area contributed by atoms with Crippen LogP contribution in [0.1, 0.15) is 13.8 Å². The van der Waals surface area contributed by atoms with Crippen molar-refractivity contribution in [1.82, 2.24) is 0 Å². The van der Waals surface area contributed by atoms with Crippen LogP contribution in [0.2, 0.25) is 0 Å². The van der Waals surface area contributed by atoms with Crippen molar-refractivity contribution in [3.63, 3.8) is 0 Å². The zero-order valence-electron chi connectivity index (χ0n) is 4.24. The third kappa shape index (κ3) is 7.25. The largest absolute Gasteiger partial charge is 0.187 e. The quantitative estimate of drug-likeness (QED) is 0.418. The van der Waals surface area contributed by atoms with Gasteiger partial charge in [0.05, 0.1) is 0 Å². The van der Waals surface area contributed by atoms with Gasteiger partial charge in [0.15, 0.2) is 17.4 Å². The lowest BCUT2D eigenvalue weighted by molar-refractivity contribution is 1.44. The van der Waals surface area contributed by atoms with E-state index in [-0.39, 0.29) is 24.6 Å². The van der Waals surface area contributed by atoms with Crippen LogP contribution < -0.4 is 0 Å². The monoisotopic (exact) mass is 154 g/mol. The third-order valence-corrected chi connectivity index (χ3v) is 3.49. The van der Waals surface area contributed by atoms with Gasteiger partial charge in [0, 0.05) is 0 Å². The van der Waals surface area contributed by atoms with Crippen molar-refractivity contribution in [2.24, 2.45) is 0 Å². The SMILES string of the molecule is CCP(Cl)CC.[AlH3]. The Balaban J connectivity index is 0. The molecule has 0 atom stereocenters. The zero-order valence-corrected chi connectivity index (χ0v) is 5.89. The molecule has 0 aromatic carbocycles. The van der Waals surface area contributed by atoms with E-state index in [1.807, 2.05) is 0 Å². The zero-order chi connectivity index (χ0) is 4.99. The second kappa shape index (κ2) is 7.25. The summed E-state index contributed by atoms with van der Waals surface area (Å²) in [5, 5.41) is 0. The predicted octanol–water partition coefficient (Wildman–Crippen LogP) is 1.48. The highest BCUT2D eigenvalue weighted by molar-refractivity contribution is 7.83. The molecule has 0 bridgehead atoms. The second-order valence-corrected chi connectivity index (χ2v) is 4.72. The fourth-order valence-corrected chi connectivity index (χ4v) is 0.671. The topological polar surface area (TPSA) is 0 Å². The Kier molecular flexibility index (Phi) is 11.5. The van der Waals surface area contributed by atoms with Crippen LogP contribution in [0.15, 0.2) is 0 Å². The van der Waals surface area contributed by atoms with Gasteiger partial charge in [0.25, 0.3) is 0 Å². The van der Waals surface area contributed by atoms with Crippen molar-refractivity contribution in [2.45, 2.75) is 13.8 Å². The van der Waals surface area contributed by atoms with Crippen LogP contribution in [-0.2, 0) is 0 Å². The number of rotatable bonds is 2. The molecule has 0 heterocycles. The molecular formula is C4H13AlClP. The molecule has 0 aliphatic rings. The van der Waals surface area contributed by atoms with E-state index in [9.17, 15) is 0 Å². The summed E-state index contributed by atoms with van der Waals surface area (Å²) in [6, 6.07) is 0. The fraction of sp³-hybridized carbons (Fsp3) is 1.00. The van der Waals surface area contributed by atoms with Crippen molar-refractivity contribution in [3.05, 3.63) is 0 Å². The Labute approximate surface area is 62.3 Å². The van der Waals surface area contributed by atoms with Gasteiger partial charge in [0.1, 0.15) is 0 Å². The van der Waals surface area contributed by atoms with Gasteiger partial charge in [-0.3, -0.25) is 0 Å². The average molecular weight is 155 g/mol. The Morgan fingerprint density at radius 2 is 1.57 bits per heavy atom. The van der Waals surface area contributed by atoms with Crippen LogP contribution in [0.4, 0.5) is 0 Å². The molecule has 0 N–H and O–H groups in total. The summed E-state index contributed by atoms with van der Waals surface area (Å²) in [6.07, 6.45) is 2.32. The van der Waals surface area contributed by atoms with Gasteiger partial charge < -0.3 is 0 Å². The minimum Gasteiger partial charge on any atom is -0.0965 e. The Morgan fingerprint density at radius 3 is 1.57 bits per heavy atom. The number of halogens is 1. The molecule has 0 aliphatic carbocycles. The number of hydrogen-bond donors (Lipinski definition) is 0. The first-order chi connectivity index (χ1) is 2.81. The molecule has 3 heteroatoms. The van der Waals surface area contributed by atoms with Crippen molar-refractivity contribution < 1.29 is 0 Å². The summed E-state index contributed by atoms with van der Waals surface area (Å²) < 4.78 is 0. The van der Waals surface area contributed by atoms with Crippen LogP contribution in [-0.4, -0.2) is 29.7 Å². The van der Waals surface area contributed by atoms with Crippen molar-refractivity contribution in [2.75, 3.05) is 12.3 Å². The molecule has 0 aliphatic heterocycles. The average Bonchev–Trinajstić information content (AvgIpc) is 1.65. The smallest absolute Gasteiger partial charge is 0.0965 e. The molecule has 0 rings (SSSR count). The van der Waals surface area contributed by atoms with Crippen LogP contribution in [0.3, 0.4) is 0 Å². The molecule has 0 aromatic rings. The highest BCUT2D eigenvalue weighted by Gasteiger charge is 1.91. The van der Waals surface area contributed by atoms with Crippen molar-refractivity contribution >= 4 is 35.9 Å². The number of hydrogen-bond acceptors (Lipinski definition) is 0. The maximum atomic E-state index is 5.71. The first-order valence-corrected chi connectivity index (χ1v) is 4.83. The first kappa shape index (κ1) is 11.1. The highest BCUT2D eigenvalue weighted by Crippen LogP contribution is 2.39. The van der Waals surface area contributed by atoms with Gasteiger partial charge in [-0.25, -0.2) is 0 Å². The van der Waals surface area contributed by atoms with Gasteiger partial charge in [-0.15, -0.1) is 0 Å². The van der Waals surface area contributed by atoms with E-state index < -0.39 is 0 Å². The molecule has 0 saturated carbocycles. The lowest BCUT2D eigenvalue weighted by Crippen LogP contribution is -1.69. The van der Waals surface area contributed by atoms with E-state index in [0.717, 1.165) is 12.3 Å². The van der Waals surface area contributed by atoms with Crippen LogP contribution in [0, 0.1) is 0 Å². The van der Waals surface area contributed by atoms with Crippen LogP contribution >= 0.6 is 18.5 Å². The van der Waals surface area contributed by atoms with Gasteiger partial charge in [-0.1, -0.05) is 25.1 Å². The van der Waals surface area contributed by atoms with Gasteiger partial charge in [-0.2, -0.15) is 0 Å².